The number of carbonyl (C=O) groups excluding carboxylic acids is 2. The van der Waals surface area contributed by atoms with Gasteiger partial charge in [-0.2, -0.15) is 11.8 Å². The summed E-state index contributed by atoms with van der Waals surface area (Å²) in [6, 6.07) is 6.02. The van der Waals surface area contributed by atoms with Crippen LogP contribution in [0, 0.1) is 0 Å². The van der Waals surface area contributed by atoms with E-state index in [1.807, 2.05) is 13.2 Å². The highest BCUT2D eigenvalue weighted by molar-refractivity contribution is 7.98. The van der Waals surface area contributed by atoms with E-state index in [0.717, 1.165) is 5.75 Å². The van der Waals surface area contributed by atoms with Gasteiger partial charge in [0, 0.05) is 12.1 Å². The Labute approximate surface area is 157 Å². The van der Waals surface area contributed by atoms with E-state index < -0.39 is 6.04 Å². The molecular weight excluding hydrogens is 360 g/mol. The van der Waals surface area contributed by atoms with Crippen molar-refractivity contribution in [1.82, 2.24) is 21.5 Å². The van der Waals surface area contributed by atoms with Gasteiger partial charge in [-0.1, -0.05) is 0 Å². The van der Waals surface area contributed by atoms with Crippen molar-refractivity contribution in [3.63, 3.8) is 0 Å². The minimum Gasteiger partial charge on any atom is -0.497 e. The molecule has 0 bridgehead atoms. The second kappa shape index (κ2) is 11.5. The molecule has 7 nitrogen and oxygen atoms in total. The summed E-state index contributed by atoms with van der Waals surface area (Å²) in [6.45, 7) is 2.54. The first-order valence-electron chi connectivity index (χ1n) is 7.79. The predicted octanol–water partition coefficient (Wildman–Crippen LogP) is 1.06. The number of ether oxygens (including phenoxy) is 1. The van der Waals surface area contributed by atoms with Crippen LogP contribution in [0.1, 0.15) is 23.7 Å². The van der Waals surface area contributed by atoms with E-state index in [1.165, 1.54) is 0 Å². The molecule has 0 aliphatic carbocycles. The first-order chi connectivity index (χ1) is 12.0. The fraction of sp³-hybridized carbons (Fsp3) is 0.438. The van der Waals surface area contributed by atoms with Crippen molar-refractivity contribution in [1.29, 1.82) is 0 Å². The molecule has 0 unspecified atom stereocenters. The number of hydrazine groups is 1. The zero-order chi connectivity index (χ0) is 18.7. The third kappa shape index (κ3) is 7.61. The number of thiocarbonyl (C=S) groups is 1. The summed E-state index contributed by atoms with van der Waals surface area (Å²) >= 11 is 6.59. The standard InChI is InChI=1S/C16H24N4O3S2/c1-4-17-16(24)20-19-15(22)13(9-10-25-3)18-14(21)11-5-7-12(23-2)8-6-11/h5-8,13H,4,9-10H2,1-3H3,(H,18,21)(H,19,22)(H2,17,20,24)/t13-/m1/s1. The van der Waals surface area contributed by atoms with Crippen molar-refractivity contribution in [2.45, 2.75) is 19.4 Å². The van der Waals surface area contributed by atoms with Gasteiger partial charge in [-0.3, -0.25) is 20.4 Å². The molecule has 0 radical (unpaired) electrons. The van der Waals surface area contributed by atoms with Crippen LogP contribution in [0.15, 0.2) is 24.3 Å². The first kappa shape index (κ1) is 21.0. The van der Waals surface area contributed by atoms with Gasteiger partial charge in [0.2, 0.25) is 0 Å². The molecule has 0 saturated carbocycles. The van der Waals surface area contributed by atoms with E-state index in [9.17, 15) is 9.59 Å². The summed E-state index contributed by atoms with van der Waals surface area (Å²) < 4.78 is 5.07. The molecule has 0 aliphatic rings. The maximum atomic E-state index is 12.4. The SMILES string of the molecule is CCNC(=S)NNC(=O)[C@@H](CCSC)NC(=O)c1ccc(OC)cc1. The molecule has 4 N–H and O–H groups in total. The van der Waals surface area contributed by atoms with Crippen molar-refractivity contribution in [3.8, 4) is 5.75 Å². The lowest BCUT2D eigenvalue weighted by Gasteiger charge is -2.19. The smallest absolute Gasteiger partial charge is 0.260 e. The normalized spacial score (nSPS) is 11.2. The van der Waals surface area contributed by atoms with Crippen LogP contribution in [0.2, 0.25) is 0 Å². The van der Waals surface area contributed by atoms with E-state index in [4.69, 9.17) is 17.0 Å². The first-order valence-corrected chi connectivity index (χ1v) is 9.59. The summed E-state index contributed by atoms with van der Waals surface area (Å²) in [4.78, 5) is 24.7. The van der Waals surface area contributed by atoms with E-state index in [0.29, 0.717) is 29.4 Å². The monoisotopic (exact) mass is 384 g/mol. The van der Waals surface area contributed by atoms with Gasteiger partial charge in [0.1, 0.15) is 11.8 Å². The van der Waals surface area contributed by atoms with Gasteiger partial charge in [0.15, 0.2) is 5.11 Å². The van der Waals surface area contributed by atoms with E-state index in [-0.39, 0.29) is 11.8 Å². The molecule has 9 heteroatoms. The van der Waals surface area contributed by atoms with Crippen molar-refractivity contribution in [2.24, 2.45) is 0 Å². The molecule has 25 heavy (non-hydrogen) atoms. The second-order valence-corrected chi connectivity index (χ2v) is 6.40. The van der Waals surface area contributed by atoms with E-state index in [2.05, 4.69) is 21.5 Å². The van der Waals surface area contributed by atoms with E-state index in [1.54, 1.807) is 43.1 Å². The number of rotatable bonds is 8. The number of carbonyl (C=O) groups is 2. The Kier molecular flexibility index (Phi) is 9.71. The summed E-state index contributed by atoms with van der Waals surface area (Å²) in [5.41, 5.74) is 5.59. The van der Waals surface area contributed by atoms with Gasteiger partial charge >= 0.3 is 0 Å². The summed E-state index contributed by atoms with van der Waals surface area (Å²) in [5, 5.41) is 5.94. The molecule has 1 atom stereocenters. The van der Waals surface area contributed by atoms with Crippen molar-refractivity contribution in [2.75, 3.05) is 25.7 Å². The van der Waals surface area contributed by atoms with Crippen LogP contribution in [0.5, 0.6) is 5.75 Å². The minimum absolute atomic E-state index is 0.320. The Morgan fingerprint density at radius 3 is 2.48 bits per heavy atom. The Bertz CT molecular complexity index is 581. The van der Waals surface area contributed by atoms with Crippen molar-refractivity contribution < 1.29 is 14.3 Å². The van der Waals surface area contributed by atoms with Crippen LogP contribution in [-0.2, 0) is 4.79 Å². The molecule has 0 spiro atoms. The fourth-order valence-electron chi connectivity index (χ4n) is 1.90. The zero-order valence-electron chi connectivity index (χ0n) is 14.5. The number of thioether (sulfide) groups is 1. The third-order valence-electron chi connectivity index (χ3n) is 3.22. The number of hydrogen-bond donors (Lipinski definition) is 4. The average molecular weight is 385 g/mol. The number of methoxy groups -OCH3 is 1. The minimum atomic E-state index is -0.668. The molecule has 0 aromatic heterocycles. The topological polar surface area (TPSA) is 91.5 Å². The average Bonchev–Trinajstić information content (AvgIpc) is 2.63. The highest BCUT2D eigenvalue weighted by Crippen LogP contribution is 2.11. The van der Waals surface area contributed by atoms with Crippen LogP contribution in [-0.4, -0.2) is 48.6 Å². The van der Waals surface area contributed by atoms with Gasteiger partial charge in [-0.05, 0) is 61.8 Å². The Hall–Kier alpha value is -2.00. The predicted molar refractivity (Wildman–Crippen MR) is 105 cm³/mol. The Balaban J connectivity index is 2.68. The molecule has 1 aromatic rings. The van der Waals surface area contributed by atoms with E-state index >= 15 is 0 Å². The van der Waals surface area contributed by atoms with Gasteiger partial charge in [-0.15, -0.1) is 0 Å². The molecule has 2 amide bonds. The van der Waals surface area contributed by atoms with Gasteiger partial charge in [0.25, 0.3) is 11.8 Å². The van der Waals surface area contributed by atoms with Crippen LogP contribution in [0.25, 0.3) is 0 Å². The lowest BCUT2D eigenvalue weighted by atomic mass is 10.1. The molecule has 0 fully saturated rings. The summed E-state index contributed by atoms with van der Waals surface area (Å²) in [7, 11) is 1.56. The second-order valence-electron chi connectivity index (χ2n) is 5.01. The highest BCUT2D eigenvalue weighted by Gasteiger charge is 2.21. The molecule has 1 aromatic carbocycles. The highest BCUT2D eigenvalue weighted by atomic mass is 32.2. The van der Waals surface area contributed by atoms with Crippen LogP contribution in [0.3, 0.4) is 0 Å². The van der Waals surface area contributed by atoms with Gasteiger partial charge < -0.3 is 15.4 Å². The molecule has 138 valence electrons. The van der Waals surface area contributed by atoms with Crippen LogP contribution >= 0.6 is 24.0 Å². The fourth-order valence-corrected chi connectivity index (χ4v) is 2.57. The number of hydrogen-bond acceptors (Lipinski definition) is 5. The molecular formula is C16H24N4O3S2. The molecule has 0 aliphatic heterocycles. The lowest BCUT2D eigenvalue weighted by Crippen LogP contribution is -2.54. The van der Waals surface area contributed by atoms with Gasteiger partial charge in [0.05, 0.1) is 7.11 Å². The van der Waals surface area contributed by atoms with Gasteiger partial charge in [-0.25, -0.2) is 0 Å². The summed E-state index contributed by atoms with van der Waals surface area (Å²) in [6.07, 6.45) is 2.45. The third-order valence-corrected chi connectivity index (χ3v) is 4.11. The van der Waals surface area contributed by atoms with Crippen LogP contribution < -0.4 is 26.2 Å². The Morgan fingerprint density at radius 2 is 1.92 bits per heavy atom. The van der Waals surface area contributed by atoms with Crippen molar-refractivity contribution >= 4 is 40.9 Å². The molecule has 0 heterocycles. The largest absolute Gasteiger partial charge is 0.497 e. The van der Waals surface area contributed by atoms with Crippen LogP contribution in [0.4, 0.5) is 0 Å². The molecule has 0 saturated heterocycles. The maximum Gasteiger partial charge on any atom is 0.260 e. The summed E-state index contributed by atoms with van der Waals surface area (Å²) in [5.74, 6) is 0.724. The van der Waals surface area contributed by atoms with Crippen molar-refractivity contribution in [3.05, 3.63) is 29.8 Å². The lowest BCUT2D eigenvalue weighted by molar-refractivity contribution is -0.123. The molecule has 1 rings (SSSR count). The Morgan fingerprint density at radius 1 is 1.24 bits per heavy atom. The maximum absolute atomic E-state index is 12.4. The number of nitrogens with one attached hydrogen (secondary N) is 4. The number of amides is 2. The zero-order valence-corrected chi connectivity index (χ0v) is 16.2. The quantitative estimate of drug-likeness (QED) is 0.393. The number of benzene rings is 1.